The molecule has 1 aliphatic rings. The van der Waals surface area contributed by atoms with Gasteiger partial charge in [-0.1, -0.05) is 19.1 Å². The van der Waals surface area contributed by atoms with Crippen LogP contribution in [0.15, 0.2) is 30.3 Å². The number of nitrogens with zero attached hydrogens (tertiary/aromatic N) is 3. The van der Waals surface area contributed by atoms with Crippen LogP contribution in [0, 0.1) is 5.82 Å². The van der Waals surface area contributed by atoms with Gasteiger partial charge in [-0.15, -0.1) is 0 Å². The van der Waals surface area contributed by atoms with Gasteiger partial charge in [0.2, 0.25) is 5.91 Å². The third-order valence-electron chi connectivity index (χ3n) is 6.81. The highest BCUT2D eigenvalue weighted by atomic mass is 19.4. The summed E-state index contributed by atoms with van der Waals surface area (Å²) in [5.41, 5.74) is 0.200. The number of piperidine rings is 1. The maximum atomic E-state index is 14.2. The van der Waals surface area contributed by atoms with E-state index in [-0.39, 0.29) is 39.8 Å². The summed E-state index contributed by atoms with van der Waals surface area (Å²) >= 11 is 0. The molecule has 10 nitrogen and oxygen atoms in total. The lowest BCUT2D eigenvalue weighted by Gasteiger charge is -2.32. The fourth-order valence-electron chi connectivity index (χ4n) is 4.74. The van der Waals surface area contributed by atoms with Gasteiger partial charge in [0.25, 0.3) is 11.8 Å². The van der Waals surface area contributed by atoms with Gasteiger partial charge in [0.1, 0.15) is 18.1 Å². The molecule has 1 aromatic carbocycles. The SMILES string of the molecule is CCc1nc2c(cc1NC(=O)c1ccccc1F)c(OCC(F)(F)F)c(C(=O)NC1CCN(C(=O)CO)CC1)n2C. The number of benzene rings is 1. The highest BCUT2D eigenvalue weighted by molar-refractivity contribution is 6.07. The molecular weight excluding hydrogens is 550 g/mol. The number of hydrogen-bond donors (Lipinski definition) is 3. The van der Waals surface area contributed by atoms with Crippen molar-refractivity contribution in [3.63, 3.8) is 0 Å². The van der Waals surface area contributed by atoms with Crippen LogP contribution in [0.3, 0.4) is 0 Å². The number of aliphatic hydroxyl groups excluding tert-OH is 1. The van der Waals surface area contributed by atoms with Crippen molar-refractivity contribution in [2.24, 2.45) is 7.05 Å². The quantitative estimate of drug-likeness (QED) is 0.352. The van der Waals surface area contributed by atoms with Crippen LogP contribution in [-0.4, -0.2) is 75.8 Å². The standard InChI is InChI=1S/C27H29F4N5O5/c1-3-19-20(34-25(39)16-6-4-5-7-18(16)28)12-17-23(41-14-27(29,30)31)22(35(2)24(17)33-19)26(40)32-15-8-10-36(11-9-15)21(38)13-37/h4-7,12,15,37H,3,8-11,13-14H2,1-2H3,(H,32,40)(H,34,39). The van der Waals surface area contributed by atoms with Crippen LogP contribution < -0.4 is 15.4 Å². The molecule has 0 aliphatic carbocycles. The number of anilines is 1. The van der Waals surface area contributed by atoms with Gasteiger partial charge in [-0.05, 0) is 37.5 Å². The Morgan fingerprint density at radius 2 is 1.83 bits per heavy atom. The third kappa shape index (κ3) is 6.59. The van der Waals surface area contributed by atoms with Gasteiger partial charge in [0.15, 0.2) is 18.1 Å². The number of aliphatic hydroxyl groups is 1. The van der Waals surface area contributed by atoms with Gasteiger partial charge in [-0.3, -0.25) is 14.4 Å². The summed E-state index contributed by atoms with van der Waals surface area (Å²) in [6.07, 6.45) is -3.64. The van der Waals surface area contributed by atoms with Crippen molar-refractivity contribution in [2.45, 2.75) is 38.4 Å². The van der Waals surface area contributed by atoms with E-state index < -0.39 is 42.9 Å². The lowest BCUT2D eigenvalue weighted by atomic mass is 10.0. The molecule has 14 heteroatoms. The highest BCUT2D eigenvalue weighted by Gasteiger charge is 2.33. The first kappa shape index (κ1) is 29.8. The Labute approximate surface area is 232 Å². The molecule has 1 saturated heterocycles. The van der Waals surface area contributed by atoms with Crippen molar-refractivity contribution in [3.05, 3.63) is 53.1 Å². The molecule has 0 spiro atoms. The molecule has 220 valence electrons. The largest absolute Gasteiger partial charge is 0.481 e. The number of fused-ring (bicyclic) bond motifs is 1. The van der Waals surface area contributed by atoms with E-state index in [0.29, 0.717) is 38.0 Å². The molecule has 41 heavy (non-hydrogen) atoms. The van der Waals surface area contributed by atoms with E-state index in [1.807, 2.05) is 0 Å². The number of alkyl halides is 3. The number of halogens is 4. The van der Waals surface area contributed by atoms with Crippen molar-refractivity contribution >= 4 is 34.4 Å². The Hall–Kier alpha value is -4.20. The van der Waals surface area contributed by atoms with Gasteiger partial charge in [0.05, 0.1) is 22.3 Å². The van der Waals surface area contributed by atoms with Crippen molar-refractivity contribution in [2.75, 3.05) is 31.6 Å². The van der Waals surface area contributed by atoms with Crippen molar-refractivity contribution in [1.82, 2.24) is 19.8 Å². The Bertz CT molecular complexity index is 1460. The molecule has 3 amide bonds. The number of rotatable bonds is 8. The summed E-state index contributed by atoms with van der Waals surface area (Å²) in [4.78, 5) is 43.9. The average molecular weight is 580 g/mol. The average Bonchev–Trinajstić information content (AvgIpc) is 3.21. The number of ether oxygens (including phenoxy) is 1. The molecule has 0 saturated carbocycles. The Kier molecular flexibility index (Phi) is 8.80. The number of hydrogen-bond acceptors (Lipinski definition) is 6. The monoisotopic (exact) mass is 579 g/mol. The normalized spacial score (nSPS) is 14.3. The number of amides is 3. The molecule has 3 heterocycles. The van der Waals surface area contributed by atoms with Gasteiger partial charge >= 0.3 is 6.18 Å². The second-order valence-corrected chi connectivity index (χ2v) is 9.57. The number of carbonyl (C=O) groups is 3. The predicted molar refractivity (Wildman–Crippen MR) is 140 cm³/mol. The Balaban J connectivity index is 1.70. The second kappa shape index (κ2) is 12.1. The maximum absolute atomic E-state index is 14.2. The molecular formula is C27H29F4N5O5. The zero-order valence-corrected chi connectivity index (χ0v) is 22.3. The summed E-state index contributed by atoms with van der Waals surface area (Å²) in [7, 11) is 1.46. The smallest absolute Gasteiger partial charge is 0.422 e. The van der Waals surface area contributed by atoms with Crippen molar-refractivity contribution < 1.29 is 41.8 Å². The molecule has 3 N–H and O–H groups in total. The van der Waals surface area contributed by atoms with E-state index >= 15 is 0 Å². The molecule has 3 aromatic rings. The van der Waals surface area contributed by atoms with Crippen LogP contribution in [-0.2, 0) is 18.3 Å². The fourth-order valence-corrected chi connectivity index (χ4v) is 4.74. The minimum atomic E-state index is -4.71. The molecule has 1 aliphatic heterocycles. The first-order valence-corrected chi connectivity index (χ1v) is 12.9. The van der Waals surface area contributed by atoms with E-state index in [2.05, 4.69) is 15.6 Å². The summed E-state index contributed by atoms with van der Waals surface area (Å²) in [5, 5.41) is 14.5. The summed E-state index contributed by atoms with van der Waals surface area (Å²) in [5.74, 6) is -3.04. The number of likely N-dealkylation sites (tertiary alicyclic amines) is 1. The number of nitrogens with one attached hydrogen (secondary N) is 2. The first-order chi connectivity index (χ1) is 19.4. The lowest BCUT2D eigenvalue weighted by molar-refractivity contribution is -0.153. The number of carbonyl (C=O) groups excluding carboxylic acids is 3. The van der Waals surface area contributed by atoms with E-state index in [1.54, 1.807) is 6.92 Å². The minimum Gasteiger partial charge on any atom is -0.481 e. The van der Waals surface area contributed by atoms with Gasteiger partial charge < -0.3 is 29.9 Å². The summed E-state index contributed by atoms with van der Waals surface area (Å²) < 4.78 is 60.2. The first-order valence-electron chi connectivity index (χ1n) is 12.9. The number of pyridine rings is 1. The predicted octanol–water partition coefficient (Wildman–Crippen LogP) is 3.18. The van der Waals surface area contributed by atoms with E-state index in [0.717, 1.165) is 6.07 Å². The van der Waals surface area contributed by atoms with Crippen LogP contribution in [0.5, 0.6) is 5.75 Å². The molecule has 0 bridgehead atoms. The molecule has 2 aromatic heterocycles. The Morgan fingerprint density at radius 1 is 1.15 bits per heavy atom. The zero-order chi connectivity index (χ0) is 29.9. The molecule has 4 rings (SSSR count). The summed E-state index contributed by atoms with van der Waals surface area (Å²) in [6.45, 7) is 0.0357. The van der Waals surface area contributed by atoms with Crippen LogP contribution in [0.25, 0.3) is 11.0 Å². The molecule has 1 fully saturated rings. The van der Waals surface area contributed by atoms with E-state index in [9.17, 15) is 31.9 Å². The molecule has 0 radical (unpaired) electrons. The fraction of sp³-hybridized carbons (Fsp3) is 0.407. The summed E-state index contributed by atoms with van der Waals surface area (Å²) in [6, 6.07) is 6.30. The van der Waals surface area contributed by atoms with Crippen molar-refractivity contribution in [1.29, 1.82) is 0 Å². The molecule has 0 unspecified atom stereocenters. The second-order valence-electron chi connectivity index (χ2n) is 9.57. The van der Waals surface area contributed by atoms with Crippen LogP contribution in [0.4, 0.5) is 23.2 Å². The minimum absolute atomic E-state index is 0.0475. The van der Waals surface area contributed by atoms with E-state index in [1.165, 1.54) is 40.8 Å². The van der Waals surface area contributed by atoms with Gasteiger partial charge in [0, 0.05) is 26.2 Å². The number of aryl methyl sites for hydroxylation is 2. The van der Waals surface area contributed by atoms with Crippen molar-refractivity contribution in [3.8, 4) is 5.75 Å². The highest BCUT2D eigenvalue weighted by Crippen LogP contribution is 2.36. The maximum Gasteiger partial charge on any atom is 0.422 e. The van der Waals surface area contributed by atoms with Gasteiger partial charge in [-0.25, -0.2) is 9.37 Å². The van der Waals surface area contributed by atoms with Crippen LogP contribution in [0.1, 0.15) is 46.3 Å². The van der Waals surface area contributed by atoms with Crippen LogP contribution >= 0.6 is 0 Å². The number of aromatic nitrogens is 2. The van der Waals surface area contributed by atoms with Gasteiger partial charge in [-0.2, -0.15) is 13.2 Å². The molecule has 0 atom stereocenters. The lowest BCUT2D eigenvalue weighted by Crippen LogP contribution is -2.47. The van der Waals surface area contributed by atoms with Crippen LogP contribution in [0.2, 0.25) is 0 Å². The Morgan fingerprint density at radius 3 is 2.44 bits per heavy atom. The third-order valence-corrected chi connectivity index (χ3v) is 6.81. The topological polar surface area (TPSA) is 126 Å². The van der Waals surface area contributed by atoms with E-state index in [4.69, 9.17) is 9.84 Å². The zero-order valence-electron chi connectivity index (χ0n) is 22.3.